The Kier molecular flexibility index (Phi) is 3.37. The molecule has 0 saturated heterocycles. The zero-order chi connectivity index (χ0) is 15.0. The van der Waals surface area contributed by atoms with Crippen LogP contribution in [0.4, 0.5) is 0 Å². The van der Waals surface area contributed by atoms with Crippen molar-refractivity contribution in [2.75, 3.05) is 0 Å². The number of fused-ring (bicyclic) bond motifs is 1. The van der Waals surface area contributed by atoms with Crippen molar-refractivity contribution < 1.29 is 0 Å². The Labute approximate surface area is 127 Å². The molecule has 2 aromatic heterocycles. The summed E-state index contributed by atoms with van der Waals surface area (Å²) in [6.07, 6.45) is 0. The van der Waals surface area contributed by atoms with E-state index in [1.165, 1.54) is 15.9 Å². The predicted octanol–water partition coefficient (Wildman–Crippen LogP) is 2.39. The van der Waals surface area contributed by atoms with Gasteiger partial charge in [0, 0.05) is 5.02 Å². The molecule has 0 radical (unpaired) electrons. The third-order valence-electron chi connectivity index (χ3n) is 3.05. The highest BCUT2D eigenvalue weighted by Crippen LogP contribution is 2.17. The first-order valence-corrected chi connectivity index (χ1v) is 7.25. The second kappa shape index (κ2) is 5.20. The van der Waals surface area contributed by atoms with Crippen LogP contribution in [0.5, 0.6) is 0 Å². The summed E-state index contributed by atoms with van der Waals surface area (Å²) in [5, 5.41) is 11.1. The molecule has 0 amide bonds. The number of hydrogen-bond acceptors (Lipinski definition) is 4. The van der Waals surface area contributed by atoms with Gasteiger partial charge >= 0.3 is 5.69 Å². The van der Waals surface area contributed by atoms with Crippen LogP contribution in [-0.4, -0.2) is 9.13 Å². The zero-order valence-electron chi connectivity index (χ0n) is 10.6. The summed E-state index contributed by atoms with van der Waals surface area (Å²) in [7, 11) is 0. The summed E-state index contributed by atoms with van der Waals surface area (Å²) in [6, 6.07) is 10.1. The Balaban J connectivity index is 2.46. The highest BCUT2D eigenvalue weighted by Gasteiger charge is 2.15. The molecule has 0 spiro atoms. The van der Waals surface area contributed by atoms with Gasteiger partial charge in [-0.15, -0.1) is 11.3 Å². The molecule has 0 fully saturated rings. The van der Waals surface area contributed by atoms with Gasteiger partial charge in [-0.05, 0) is 29.6 Å². The van der Waals surface area contributed by atoms with Crippen LogP contribution in [0.3, 0.4) is 0 Å². The second-order valence-corrected chi connectivity index (χ2v) is 5.63. The SMILES string of the molecule is N#CCn1c(=O)n(-c2cccc(Cl)c2)c(=O)c2sccc21. The molecule has 2 heterocycles. The van der Waals surface area contributed by atoms with Crippen molar-refractivity contribution in [1.82, 2.24) is 9.13 Å². The van der Waals surface area contributed by atoms with Crippen LogP contribution in [0.15, 0.2) is 45.3 Å². The Bertz CT molecular complexity index is 994. The monoisotopic (exact) mass is 317 g/mol. The molecule has 0 N–H and O–H groups in total. The third-order valence-corrected chi connectivity index (χ3v) is 4.18. The topological polar surface area (TPSA) is 67.8 Å². The first kappa shape index (κ1) is 13.6. The number of nitrogens with zero attached hydrogens (tertiary/aromatic N) is 3. The number of aromatic nitrogens is 2. The normalized spacial score (nSPS) is 10.7. The van der Waals surface area contributed by atoms with Crippen LogP contribution in [0.1, 0.15) is 0 Å². The first-order valence-electron chi connectivity index (χ1n) is 5.99. The molecule has 0 aliphatic heterocycles. The minimum absolute atomic E-state index is 0.118. The number of halogens is 1. The van der Waals surface area contributed by atoms with Crippen LogP contribution in [0, 0.1) is 11.3 Å². The Morgan fingerprint density at radius 2 is 2.10 bits per heavy atom. The van der Waals surface area contributed by atoms with Crippen LogP contribution < -0.4 is 11.2 Å². The number of hydrogen-bond donors (Lipinski definition) is 0. The van der Waals surface area contributed by atoms with E-state index < -0.39 is 11.2 Å². The Morgan fingerprint density at radius 3 is 2.81 bits per heavy atom. The van der Waals surface area contributed by atoms with Gasteiger partial charge < -0.3 is 0 Å². The lowest BCUT2D eigenvalue weighted by Gasteiger charge is -2.09. The molecule has 0 aliphatic carbocycles. The molecular weight excluding hydrogens is 310 g/mol. The summed E-state index contributed by atoms with van der Waals surface area (Å²) >= 11 is 7.16. The van der Waals surface area contributed by atoms with E-state index in [9.17, 15) is 9.59 Å². The average molecular weight is 318 g/mol. The van der Waals surface area contributed by atoms with Crippen molar-refractivity contribution in [2.45, 2.75) is 6.54 Å². The molecular formula is C14H8ClN3O2S. The lowest BCUT2D eigenvalue weighted by molar-refractivity contribution is 0.735. The van der Waals surface area contributed by atoms with Crippen molar-refractivity contribution in [3.63, 3.8) is 0 Å². The maximum Gasteiger partial charge on any atom is 0.337 e. The molecule has 1 aromatic carbocycles. The summed E-state index contributed by atoms with van der Waals surface area (Å²) in [5.74, 6) is 0. The van der Waals surface area contributed by atoms with E-state index in [4.69, 9.17) is 16.9 Å². The quantitative estimate of drug-likeness (QED) is 0.729. The predicted molar refractivity (Wildman–Crippen MR) is 82.3 cm³/mol. The zero-order valence-corrected chi connectivity index (χ0v) is 12.2. The first-order chi connectivity index (χ1) is 10.1. The summed E-state index contributed by atoms with van der Waals surface area (Å²) in [5.41, 5.74) is -0.0782. The average Bonchev–Trinajstić information content (AvgIpc) is 2.93. The fourth-order valence-electron chi connectivity index (χ4n) is 2.15. The molecule has 3 aromatic rings. The van der Waals surface area contributed by atoms with E-state index in [0.717, 1.165) is 4.57 Å². The fraction of sp³-hybridized carbons (Fsp3) is 0.0714. The van der Waals surface area contributed by atoms with Gasteiger partial charge in [-0.1, -0.05) is 17.7 Å². The van der Waals surface area contributed by atoms with E-state index in [2.05, 4.69) is 0 Å². The molecule has 21 heavy (non-hydrogen) atoms. The maximum absolute atomic E-state index is 12.5. The van der Waals surface area contributed by atoms with Crippen molar-refractivity contribution in [1.29, 1.82) is 5.26 Å². The molecule has 0 aliphatic rings. The fourth-order valence-corrected chi connectivity index (χ4v) is 3.16. The summed E-state index contributed by atoms with van der Waals surface area (Å²) < 4.78 is 2.76. The van der Waals surface area contributed by atoms with Crippen molar-refractivity contribution in [2.24, 2.45) is 0 Å². The second-order valence-electron chi connectivity index (χ2n) is 4.28. The highest BCUT2D eigenvalue weighted by atomic mass is 35.5. The number of nitriles is 1. The van der Waals surface area contributed by atoms with Gasteiger partial charge in [0.2, 0.25) is 0 Å². The molecule has 0 saturated carbocycles. The van der Waals surface area contributed by atoms with Gasteiger partial charge in [0.05, 0.1) is 17.3 Å². The van der Waals surface area contributed by atoms with Crippen LogP contribution in [-0.2, 0) is 6.54 Å². The van der Waals surface area contributed by atoms with E-state index in [1.54, 1.807) is 35.7 Å². The largest absolute Gasteiger partial charge is 0.337 e. The van der Waals surface area contributed by atoms with Crippen molar-refractivity contribution >= 4 is 33.2 Å². The van der Waals surface area contributed by atoms with Crippen molar-refractivity contribution in [3.8, 4) is 11.8 Å². The van der Waals surface area contributed by atoms with Crippen molar-refractivity contribution in [3.05, 3.63) is 61.6 Å². The van der Waals surface area contributed by atoms with Gasteiger partial charge in [0.25, 0.3) is 5.56 Å². The molecule has 7 heteroatoms. The van der Waals surface area contributed by atoms with E-state index >= 15 is 0 Å². The third kappa shape index (κ3) is 2.17. The van der Waals surface area contributed by atoms with E-state index in [-0.39, 0.29) is 6.54 Å². The van der Waals surface area contributed by atoms with Crippen LogP contribution in [0.25, 0.3) is 15.9 Å². The minimum Gasteiger partial charge on any atom is -0.278 e. The standard InChI is InChI=1S/C14H8ClN3O2S/c15-9-2-1-3-10(8-9)18-13(19)12-11(4-7-21-12)17(6-5-16)14(18)20/h1-4,7-8H,6H2. The van der Waals surface area contributed by atoms with Gasteiger partial charge in [0.1, 0.15) is 11.2 Å². The maximum atomic E-state index is 12.5. The van der Waals surface area contributed by atoms with Gasteiger partial charge in [-0.25, -0.2) is 9.36 Å². The smallest absolute Gasteiger partial charge is 0.278 e. The number of benzene rings is 1. The number of thiophene rings is 1. The molecule has 5 nitrogen and oxygen atoms in total. The van der Waals surface area contributed by atoms with Gasteiger partial charge in [-0.3, -0.25) is 9.36 Å². The summed E-state index contributed by atoms with van der Waals surface area (Å²) in [6.45, 7) is -0.118. The van der Waals surface area contributed by atoms with Gasteiger partial charge in [0.15, 0.2) is 0 Å². The van der Waals surface area contributed by atoms with Crippen LogP contribution >= 0.6 is 22.9 Å². The Hall–Kier alpha value is -2.36. The molecule has 104 valence electrons. The van der Waals surface area contributed by atoms with E-state index in [1.807, 2.05) is 6.07 Å². The molecule has 0 atom stereocenters. The highest BCUT2D eigenvalue weighted by molar-refractivity contribution is 7.17. The lowest BCUT2D eigenvalue weighted by atomic mass is 10.3. The Morgan fingerprint density at radius 1 is 1.29 bits per heavy atom. The molecule has 0 unspecified atom stereocenters. The van der Waals surface area contributed by atoms with E-state index in [0.29, 0.717) is 20.9 Å². The lowest BCUT2D eigenvalue weighted by Crippen LogP contribution is -2.38. The summed E-state index contributed by atoms with van der Waals surface area (Å²) in [4.78, 5) is 25.1. The minimum atomic E-state index is -0.547. The number of rotatable bonds is 2. The van der Waals surface area contributed by atoms with Gasteiger partial charge in [-0.2, -0.15) is 5.26 Å². The molecule has 3 rings (SSSR count). The molecule has 0 bridgehead atoms. The van der Waals surface area contributed by atoms with Crippen LogP contribution in [0.2, 0.25) is 5.02 Å².